The first-order chi connectivity index (χ1) is 12.1. The van der Waals surface area contributed by atoms with Crippen LogP contribution in [0.3, 0.4) is 0 Å². The summed E-state index contributed by atoms with van der Waals surface area (Å²) in [4.78, 5) is 25.5. The molecule has 2 heterocycles. The van der Waals surface area contributed by atoms with Gasteiger partial charge in [-0.25, -0.2) is 4.79 Å². The molecule has 1 aromatic carbocycles. The Morgan fingerprint density at radius 2 is 2.16 bits per heavy atom. The van der Waals surface area contributed by atoms with Gasteiger partial charge < -0.3 is 20.3 Å². The van der Waals surface area contributed by atoms with E-state index in [1.165, 1.54) is 4.90 Å². The van der Waals surface area contributed by atoms with Crippen LogP contribution >= 0.6 is 0 Å². The predicted octanol–water partition coefficient (Wildman–Crippen LogP) is 1.29. The van der Waals surface area contributed by atoms with Crippen LogP contribution in [0, 0.1) is 0 Å². The number of ether oxygens (including phenoxy) is 1. The summed E-state index contributed by atoms with van der Waals surface area (Å²) < 4.78 is 6.88. The van der Waals surface area contributed by atoms with Gasteiger partial charge >= 0.3 is 6.03 Å². The Morgan fingerprint density at radius 1 is 1.40 bits per heavy atom. The molecule has 3 amide bonds. The number of aromatic nitrogens is 2. The van der Waals surface area contributed by atoms with Gasteiger partial charge in [0.25, 0.3) is 0 Å². The molecule has 0 radical (unpaired) electrons. The number of benzene rings is 1. The van der Waals surface area contributed by atoms with Crippen LogP contribution in [0.2, 0.25) is 0 Å². The van der Waals surface area contributed by atoms with Crippen molar-refractivity contribution in [1.29, 1.82) is 0 Å². The van der Waals surface area contributed by atoms with E-state index in [9.17, 15) is 9.59 Å². The second-order valence-electron chi connectivity index (χ2n) is 5.87. The first-order valence-electron chi connectivity index (χ1n) is 8.07. The van der Waals surface area contributed by atoms with Crippen LogP contribution in [0.15, 0.2) is 36.7 Å². The molecule has 1 aromatic heterocycles. The van der Waals surface area contributed by atoms with E-state index in [4.69, 9.17) is 4.74 Å². The van der Waals surface area contributed by atoms with Crippen molar-refractivity contribution in [1.82, 2.24) is 20.0 Å². The SMILES string of the molecule is COc1ccc(Cn2cc(NC(=O)N3CCNC(=O)[C@H]3C)cn2)cc1. The molecule has 0 spiro atoms. The highest BCUT2D eigenvalue weighted by Gasteiger charge is 2.29. The molecule has 132 valence electrons. The van der Waals surface area contributed by atoms with Crippen LogP contribution < -0.4 is 15.4 Å². The summed E-state index contributed by atoms with van der Waals surface area (Å²) in [5.74, 6) is 0.661. The van der Waals surface area contributed by atoms with E-state index in [0.29, 0.717) is 25.3 Å². The van der Waals surface area contributed by atoms with Gasteiger partial charge in [-0.2, -0.15) is 5.10 Å². The highest BCUT2D eigenvalue weighted by atomic mass is 16.5. The van der Waals surface area contributed by atoms with E-state index in [2.05, 4.69) is 15.7 Å². The molecule has 0 aliphatic carbocycles. The van der Waals surface area contributed by atoms with Crippen molar-refractivity contribution in [2.24, 2.45) is 0 Å². The van der Waals surface area contributed by atoms with Gasteiger partial charge in [-0.3, -0.25) is 9.48 Å². The molecule has 0 unspecified atom stereocenters. The number of nitrogens with one attached hydrogen (secondary N) is 2. The van der Waals surface area contributed by atoms with E-state index in [1.54, 1.807) is 31.1 Å². The molecule has 0 bridgehead atoms. The number of carbonyl (C=O) groups is 2. The molecule has 2 aromatic rings. The van der Waals surface area contributed by atoms with Gasteiger partial charge in [0.05, 0.1) is 25.5 Å². The topological polar surface area (TPSA) is 88.5 Å². The van der Waals surface area contributed by atoms with Gasteiger partial charge in [-0.1, -0.05) is 12.1 Å². The van der Waals surface area contributed by atoms with Gasteiger partial charge in [0.2, 0.25) is 5.91 Å². The van der Waals surface area contributed by atoms with Gasteiger partial charge in [0.15, 0.2) is 0 Å². The van der Waals surface area contributed by atoms with Gasteiger partial charge in [-0.05, 0) is 24.6 Å². The number of hydrogen-bond acceptors (Lipinski definition) is 4. The van der Waals surface area contributed by atoms with Crippen molar-refractivity contribution >= 4 is 17.6 Å². The fourth-order valence-corrected chi connectivity index (χ4v) is 2.69. The first-order valence-corrected chi connectivity index (χ1v) is 8.07. The summed E-state index contributed by atoms with van der Waals surface area (Å²) in [5, 5.41) is 9.78. The standard InChI is InChI=1S/C17H21N5O3/c1-12-16(23)18-7-8-22(12)17(24)20-14-9-19-21(11-14)10-13-3-5-15(25-2)6-4-13/h3-6,9,11-12H,7-8,10H2,1-2H3,(H,18,23)(H,20,24)/t12-/m1/s1. The molecule has 1 aliphatic heterocycles. The molecule has 1 saturated heterocycles. The molecular formula is C17H21N5O3. The lowest BCUT2D eigenvalue weighted by Gasteiger charge is -2.32. The Morgan fingerprint density at radius 3 is 2.88 bits per heavy atom. The van der Waals surface area contributed by atoms with E-state index >= 15 is 0 Å². The van der Waals surface area contributed by atoms with Crippen LogP contribution in [0.25, 0.3) is 0 Å². The number of nitrogens with zero attached hydrogens (tertiary/aromatic N) is 3. The quantitative estimate of drug-likeness (QED) is 0.876. The van der Waals surface area contributed by atoms with E-state index < -0.39 is 6.04 Å². The van der Waals surface area contributed by atoms with Crippen molar-refractivity contribution in [2.45, 2.75) is 19.5 Å². The first kappa shape index (κ1) is 16.8. The highest BCUT2D eigenvalue weighted by molar-refractivity contribution is 5.94. The van der Waals surface area contributed by atoms with Crippen LogP contribution in [0.5, 0.6) is 5.75 Å². The maximum Gasteiger partial charge on any atom is 0.322 e. The monoisotopic (exact) mass is 343 g/mol. The summed E-state index contributed by atoms with van der Waals surface area (Å²) in [6.07, 6.45) is 3.35. The van der Waals surface area contributed by atoms with Gasteiger partial charge in [0.1, 0.15) is 11.8 Å². The lowest BCUT2D eigenvalue weighted by atomic mass is 10.2. The number of anilines is 1. The second kappa shape index (κ2) is 7.25. The minimum absolute atomic E-state index is 0.142. The van der Waals surface area contributed by atoms with E-state index in [1.807, 2.05) is 24.3 Å². The summed E-state index contributed by atoms with van der Waals surface area (Å²) in [6.45, 7) is 3.25. The zero-order valence-corrected chi connectivity index (χ0v) is 14.2. The number of piperazine rings is 1. The molecule has 1 fully saturated rings. The molecule has 8 heteroatoms. The number of rotatable bonds is 4. The van der Waals surface area contributed by atoms with E-state index in [0.717, 1.165) is 11.3 Å². The Hall–Kier alpha value is -3.03. The average molecular weight is 343 g/mol. The van der Waals surface area contributed by atoms with Crippen LogP contribution in [-0.2, 0) is 11.3 Å². The fraction of sp³-hybridized carbons (Fsp3) is 0.353. The third-order valence-electron chi connectivity index (χ3n) is 4.15. The summed E-state index contributed by atoms with van der Waals surface area (Å²) >= 11 is 0. The van der Waals surface area contributed by atoms with Gasteiger partial charge in [-0.15, -0.1) is 0 Å². The fourth-order valence-electron chi connectivity index (χ4n) is 2.69. The lowest BCUT2D eigenvalue weighted by molar-refractivity contribution is -0.126. The number of methoxy groups -OCH3 is 1. The minimum atomic E-state index is -0.483. The van der Waals surface area contributed by atoms with Crippen molar-refractivity contribution in [2.75, 3.05) is 25.5 Å². The lowest BCUT2D eigenvalue weighted by Crippen LogP contribution is -2.56. The molecule has 3 rings (SSSR count). The van der Waals surface area contributed by atoms with E-state index in [-0.39, 0.29) is 11.9 Å². The third-order valence-corrected chi connectivity index (χ3v) is 4.15. The zero-order chi connectivity index (χ0) is 17.8. The molecular weight excluding hydrogens is 322 g/mol. The Balaban J connectivity index is 1.61. The molecule has 2 N–H and O–H groups in total. The number of urea groups is 1. The Bertz CT molecular complexity index is 756. The Labute approximate surface area is 145 Å². The van der Waals surface area contributed by atoms with Gasteiger partial charge in [0, 0.05) is 19.3 Å². The number of carbonyl (C=O) groups excluding carboxylic acids is 2. The zero-order valence-electron chi connectivity index (χ0n) is 14.2. The van der Waals surface area contributed by atoms with Crippen molar-refractivity contribution in [3.63, 3.8) is 0 Å². The predicted molar refractivity (Wildman–Crippen MR) is 92.5 cm³/mol. The Kier molecular flexibility index (Phi) is 4.87. The molecule has 1 atom stereocenters. The normalized spacial score (nSPS) is 17.1. The molecule has 1 aliphatic rings. The molecule has 8 nitrogen and oxygen atoms in total. The van der Waals surface area contributed by atoms with Crippen LogP contribution in [0.1, 0.15) is 12.5 Å². The molecule has 0 saturated carbocycles. The smallest absolute Gasteiger partial charge is 0.322 e. The third kappa shape index (κ3) is 3.90. The maximum absolute atomic E-state index is 12.3. The summed E-state index contributed by atoms with van der Waals surface area (Å²) in [6, 6.07) is 6.93. The summed E-state index contributed by atoms with van der Waals surface area (Å²) in [5.41, 5.74) is 1.67. The highest BCUT2D eigenvalue weighted by Crippen LogP contribution is 2.14. The number of amides is 3. The van der Waals surface area contributed by atoms with Crippen LogP contribution in [-0.4, -0.2) is 52.9 Å². The maximum atomic E-state index is 12.3. The van der Waals surface area contributed by atoms with Crippen LogP contribution in [0.4, 0.5) is 10.5 Å². The minimum Gasteiger partial charge on any atom is -0.497 e. The molecule has 25 heavy (non-hydrogen) atoms. The second-order valence-corrected chi connectivity index (χ2v) is 5.87. The van der Waals surface area contributed by atoms with Crippen molar-refractivity contribution < 1.29 is 14.3 Å². The van der Waals surface area contributed by atoms with Crippen molar-refractivity contribution in [3.05, 3.63) is 42.2 Å². The largest absolute Gasteiger partial charge is 0.497 e. The summed E-state index contributed by atoms with van der Waals surface area (Å²) in [7, 11) is 1.63. The van der Waals surface area contributed by atoms with Crippen molar-refractivity contribution in [3.8, 4) is 5.75 Å². The average Bonchev–Trinajstić information content (AvgIpc) is 3.04. The number of hydrogen-bond donors (Lipinski definition) is 2.